The summed E-state index contributed by atoms with van der Waals surface area (Å²) in [5.41, 5.74) is 0.993. The van der Waals surface area contributed by atoms with Gasteiger partial charge in [-0.3, -0.25) is 4.79 Å². The molecule has 1 atom stereocenters. The summed E-state index contributed by atoms with van der Waals surface area (Å²) in [7, 11) is 0. The third kappa shape index (κ3) is 3.32. The van der Waals surface area contributed by atoms with Crippen LogP contribution in [0.4, 0.5) is 0 Å². The molecule has 0 heterocycles. The Labute approximate surface area is 167 Å². The lowest BCUT2D eigenvalue weighted by Crippen LogP contribution is -2.55. The highest BCUT2D eigenvalue weighted by molar-refractivity contribution is 5.94. The average molecular weight is 376 g/mol. The standard InChI is InChI=1S/C25H29NO2/c1-17(25-14-18-10-19(15-25)12-20(11-18)16-25)26-24(27)21-6-5-9-23(13-21)28-22-7-3-2-4-8-22/h2-9,13,17-20H,10-12,14-16H2,1H3,(H,26,27)/t17-,18?,19?,20?,25?/m1/s1. The fourth-order valence-electron chi connectivity index (χ4n) is 6.47. The van der Waals surface area contributed by atoms with Crippen molar-refractivity contribution >= 4 is 5.91 Å². The van der Waals surface area contributed by atoms with Crippen LogP contribution >= 0.6 is 0 Å². The second-order valence-electron chi connectivity index (χ2n) is 9.42. The van der Waals surface area contributed by atoms with Crippen LogP contribution in [0.5, 0.6) is 11.5 Å². The molecule has 3 nitrogen and oxygen atoms in total. The van der Waals surface area contributed by atoms with Crippen molar-refractivity contribution in [1.29, 1.82) is 0 Å². The van der Waals surface area contributed by atoms with Crippen molar-refractivity contribution in [3.05, 3.63) is 60.2 Å². The summed E-state index contributed by atoms with van der Waals surface area (Å²) >= 11 is 0. The van der Waals surface area contributed by atoms with Gasteiger partial charge in [0.2, 0.25) is 0 Å². The Bertz CT molecular complexity index is 825. The van der Waals surface area contributed by atoms with E-state index in [1.165, 1.54) is 38.5 Å². The quantitative estimate of drug-likeness (QED) is 0.716. The minimum atomic E-state index is 0.0155. The van der Waals surface area contributed by atoms with Crippen LogP contribution in [0.25, 0.3) is 0 Å². The molecule has 6 rings (SSSR count). The molecule has 2 aromatic carbocycles. The largest absolute Gasteiger partial charge is 0.457 e. The first-order valence-corrected chi connectivity index (χ1v) is 10.7. The Kier molecular flexibility index (Phi) is 4.41. The maximum absolute atomic E-state index is 13.0. The number of carbonyl (C=O) groups excluding carboxylic acids is 1. The predicted molar refractivity (Wildman–Crippen MR) is 110 cm³/mol. The number of benzene rings is 2. The van der Waals surface area contributed by atoms with Gasteiger partial charge in [0, 0.05) is 11.6 Å². The minimum Gasteiger partial charge on any atom is -0.457 e. The summed E-state index contributed by atoms with van der Waals surface area (Å²) < 4.78 is 5.89. The topological polar surface area (TPSA) is 38.3 Å². The number of rotatable bonds is 5. The van der Waals surface area contributed by atoms with Gasteiger partial charge in [-0.2, -0.15) is 0 Å². The van der Waals surface area contributed by atoms with Crippen molar-refractivity contribution in [1.82, 2.24) is 5.32 Å². The lowest BCUT2D eigenvalue weighted by molar-refractivity contribution is -0.0688. The SMILES string of the molecule is C[C@@H](NC(=O)c1cccc(Oc2ccccc2)c1)C12CC3CC(CC(C3)C1)C2. The van der Waals surface area contributed by atoms with Gasteiger partial charge >= 0.3 is 0 Å². The highest BCUT2D eigenvalue weighted by atomic mass is 16.5. The Hall–Kier alpha value is -2.29. The normalized spacial score (nSPS) is 31.4. The lowest BCUT2D eigenvalue weighted by Gasteiger charge is -2.59. The Balaban J connectivity index is 1.29. The summed E-state index contributed by atoms with van der Waals surface area (Å²) in [5, 5.41) is 3.35. The van der Waals surface area contributed by atoms with Crippen molar-refractivity contribution in [3.63, 3.8) is 0 Å². The van der Waals surface area contributed by atoms with E-state index in [0.29, 0.717) is 16.7 Å². The van der Waals surface area contributed by atoms with Gasteiger partial charge in [-0.25, -0.2) is 0 Å². The molecular formula is C25H29NO2. The van der Waals surface area contributed by atoms with Crippen LogP contribution in [-0.4, -0.2) is 11.9 Å². The molecule has 0 aliphatic heterocycles. The first-order valence-electron chi connectivity index (χ1n) is 10.7. The van der Waals surface area contributed by atoms with E-state index in [2.05, 4.69) is 12.2 Å². The molecular weight excluding hydrogens is 346 g/mol. The van der Waals surface area contributed by atoms with Gasteiger partial charge in [-0.15, -0.1) is 0 Å². The molecule has 146 valence electrons. The number of nitrogens with one attached hydrogen (secondary N) is 1. The molecule has 4 bridgehead atoms. The second kappa shape index (κ2) is 6.95. The summed E-state index contributed by atoms with van der Waals surface area (Å²) in [6, 6.07) is 17.4. The zero-order chi connectivity index (χ0) is 19.1. The fourth-order valence-corrected chi connectivity index (χ4v) is 6.47. The van der Waals surface area contributed by atoms with Crippen LogP contribution in [-0.2, 0) is 0 Å². The maximum atomic E-state index is 13.0. The molecule has 4 aliphatic carbocycles. The molecule has 1 N–H and O–H groups in total. The molecule has 0 radical (unpaired) electrons. The molecule has 4 fully saturated rings. The molecule has 0 unspecified atom stereocenters. The highest BCUT2D eigenvalue weighted by Gasteiger charge is 2.53. The molecule has 2 aromatic rings. The maximum Gasteiger partial charge on any atom is 0.251 e. The molecule has 0 aromatic heterocycles. The summed E-state index contributed by atoms with van der Waals surface area (Å²) in [4.78, 5) is 13.0. The summed E-state index contributed by atoms with van der Waals surface area (Å²) in [5.74, 6) is 4.18. The van der Waals surface area contributed by atoms with Gasteiger partial charge in [0.15, 0.2) is 0 Å². The van der Waals surface area contributed by atoms with Gasteiger partial charge < -0.3 is 10.1 Å². The predicted octanol–water partition coefficient (Wildman–Crippen LogP) is 5.81. The van der Waals surface area contributed by atoms with E-state index in [1.807, 2.05) is 54.6 Å². The van der Waals surface area contributed by atoms with Crippen molar-refractivity contribution in [3.8, 4) is 11.5 Å². The van der Waals surface area contributed by atoms with E-state index < -0.39 is 0 Å². The van der Waals surface area contributed by atoms with Gasteiger partial charge in [-0.05, 0) is 98.9 Å². The van der Waals surface area contributed by atoms with Crippen molar-refractivity contribution in [2.75, 3.05) is 0 Å². The highest BCUT2D eigenvalue weighted by Crippen LogP contribution is 2.61. The van der Waals surface area contributed by atoms with Crippen molar-refractivity contribution in [2.45, 2.75) is 51.5 Å². The van der Waals surface area contributed by atoms with Gasteiger partial charge in [-0.1, -0.05) is 24.3 Å². The van der Waals surface area contributed by atoms with E-state index in [9.17, 15) is 4.79 Å². The smallest absolute Gasteiger partial charge is 0.251 e. The summed E-state index contributed by atoms with van der Waals surface area (Å²) in [6.45, 7) is 2.23. The summed E-state index contributed by atoms with van der Waals surface area (Å²) in [6.07, 6.45) is 8.20. The average Bonchev–Trinajstić information content (AvgIpc) is 2.68. The number of hydrogen-bond acceptors (Lipinski definition) is 2. The van der Waals surface area contributed by atoms with Crippen LogP contribution in [0.2, 0.25) is 0 Å². The Morgan fingerprint density at radius 2 is 1.54 bits per heavy atom. The first-order chi connectivity index (χ1) is 13.6. The van der Waals surface area contributed by atoms with E-state index in [-0.39, 0.29) is 11.9 Å². The van der Waals surface area contributed by atoms with E-state index in [4.69, 9.17) is 4.74 Å². The number of para-hydroxylation sites is 1. The number of carbonyl (C=O) groups is 1. The number of hydrogen-bond donors (Lipinski definition) is 1. The minimum absolute atomic E-state index is 0.0155. The third-order valence-corrected chi connectivity index (χ3v) is 7.43. The fraction of sp³-hybridized carbons (Fsp3) is 0.480. The molecule has 0 spiro atoms. The molecule has 28 heavy (non-hydrogen) atoms. The van der Waals surface area contributed by atoms with Gasteiger partial charge in [0.25, 0.3) is 5.91 Å². The van der Waals surface area contributed by atoms with E-state index in [0.717, 1.165) is 23.5 Å². The zero-order valence-corrected chi connectivity index (χ0v) is 16.6. The van der Waals surface area contributed by atoms with Gasteiger partial charge in [0.05, 0.1) is 0 Å². The third-order valence-electron chi connectivity index (χ3n) is 7.43. The van der Waals surface area contributed by atoms with E-state index in [1.54, 1.807) is 0 Å². The van der Waals surface area contributed by atoms with Crippen LogP contribution in [0, 0.1) is 23.2 Å². The number of ether oxygens (including phenoxy) is 1. The Morgan fingerprint density at radius 3 is 2.18 bits per heavy atom. The lowest BCUT2D eigenvalue weighted by atomic mass is 9.48. The Morgan fingerprint density at radius 1 is 0.929 bits per heavy atom. The number of amides is 1. The molecule has 1 amide bonds. The first kappa shape index (κ1) is 17.8. The molecule has 4 saturated carbocycles. The molecule has 0 saturated heterocycles. The monoisotopic (exact) mass is 375 g/mol. The van der Waals surface area contributed by atoms with Crippen LogP contribution in [0.15, 0.2) is 54.6 Å². The second-order valence-corrected chi connectivity index (χ2v) is 9.42. The van der Waals surface area contributed by atoms with Crippen LogP contribution < -0.4 is 10.1 Å². The van der Waals surface area contributed by atoms with E-state index >= 15 is 0 Å². The van der Waals surface area contributed by atoms with Crippen LogP contribution in [0.3, 0.4) is 0 Å². The van der Waals surface area contributed by atoms with Crippen molar-refractivity contribution in [2.24, 2.45) is 23.2 Å². The van der Waals surface area contributed by atoms with Gasteiger partial charge in [0.1, 0.15) is 11.5 Å². The van der Waals surface area contributed by atoms with Crippen molar-refractivity contribution < 1.29 is 9.53 Å². The molecule has 4 aliphatic rings. The van der Waals surface area contributed by atoms with Crippen LogP contribution in [0.1, 0.15) is 55.8 Å². The zero-order valence-electron chi connectivity index (χ0n) is 16.6. The molecule has 3 heteroatoms.